The lowest BCUT2D eigenvalue weighted by Gasteiger charge is -2.23. The van der Waals surface area contributed by atoms with E-state index in [1.54, 1.807) is 13.8 Å². The van der Waals surface area contributed by atoms with Gasteiger partial charge in [0.25, 0.3) is 0 Å². The maximum absolute atomic E-state index is 11.9. The van der Waals surface area contributed by atoms with Crippen LogP contribution in [0.3, 0.4) is 0 Å². The van der Waals surface area contributed by atoms with Gasteiger partial charge in [0.05, 0.1) is 11.1 Å². The van der Waals surface area contributed by atoms with Crippen LogP contribution >= 0.6 is 11.3 Å². The topological polar surface area (TPSA) is 91.3 Å². The number of fused-ring (bicyclic) bond motifs is 1. The van der Waals surface area contributed by atoms with Crippen LogP contribution in [0.1, 0.15) is 43.7 Å². The molecular weight excluding hydrogens is 290 g/mol. The van der Waals surface area contributed by atoms with E-state index < -0.39 is 17.4 Å². The molecule has 2 rings (SSSR count). The van der Waals surface area contributed by atoms with Crippen molar-refractivity contribution in [3.8, 4) is 0 Å². The van der Waals surface area contributed by atoms with Crippen molar-refractivity contribution in [2.24, 2.45) is 5.41 Å². The summed E-state index contributed by atoms with van der Waals surface area (Å²) in [6.45, 7) is 3.51. The Hall–Kier alpha value is -1.63. The average molecular weight is 311 g/mol. The molecule has 0 saturated heterocycles. The normalized spacial score (nSPS) is 16.7. The van der Waals surface area contributed by atoms with Gasteiger partial charge in [-0.2, -0.15) is 0 Å². The number of urea groups is 1. The summed E-state index contributed by atoms with van der Waals surface area (Å²) in [6.07, 6.45) is 4.78. The van der Waals surface area contributed by atoms with Gasteiger partial charge in [0.15, 0.2) is 5.13 Å². The molecular formula is C14H21N3O3S. The lowest BCUT2D eigenvalue weighted by atomic mass is 9.88. The van der Waals surface area contributed by atoms with Crippen LogP contribution in [0.4, 0.5) is 9.93 Å². The zero-order valence-electron chi connectivity index (χ0n) is 12.4. The molecule has 6 nitrogen and oxygen atoms in total. The maximum Gasteiger partial charge on any atom is 0.321 e. The van der Waals surface area contributed by atoms with Crippen molar-refractivity contribution in [1.82, 2.24) is 10.3 Å². The van der Waals surface area contributed by atoms with Crippen molar-refractivity contribution < 1.29 is 14.7 Å². The monoisotopic (exact) mass is 311 g/mol. The first kappa shape index (κ1) is 15.8. The molecule has 1 atom stereocenters. The predicted octanol–water partition coefficient (Wildman–Crippen LogP) is 2.64. The molecule has 2 amide bonds. The van der Waals surface area contributed by atoms with Crippen LogP contribution in [0.15, 0.2) is 0 Å². The Kier molecular flexibility index (Phi) is 4.82. The number of carbonyl (C=O) groups excluding carboxylic acids is 1. The van der Waals surface area contributed by atoms with Crippen LogP contribution in [0.25, 0.3) is 0 Å². The summed E-state index contributed by atoms with van der Waals surface area (Å²) in [5, 5.41) is 15.1. The number of thiazole rings is 1. The Morgan fingerprint density at radius 1 is 1.38 bits per heavy atom. The third kappa shape index (κ3) is 3.72. The van der Waals surface area contributed by atoms with E-state index in [9.17, 15) is 9.59 Å². The number of carbonyl (C=O) groups is 2. The summed E-state index contributed by atoms with van der Waals surface area (Å²) in [4.78, 5) is 28.7. The average Bonchev–Trinajstić information content (AvgIpc) is 2.86. The lowest BCUT2D eigenvalue weighted by Crippen LogP contribution is -2.42. The molecule has 0 aliphatic heterocycles. The molecule has 1 aromatic heterocycles. The minimum atomic E-state index is -0.945. The molecule has 1 aliphatic carbocycles. The molecule has 21 heavy (non-hydrogen) atoms. The number of nitrogens with one attached hydrogen (secondary N) is 2. The summed E-state index contributed by atoms with van der Waals surface area (Å²) in [5.41, 5.74) is 0.143. The number of aromatic nitrogens is 1. The van der Waals surface area contributed by atoms with Crippen LogP contribution in [-0.4, -0.2) is 28.6 Å². The predicted molar refractivity (Wildman–Crippen MR) is 81.8 cm³/mol. The van der Waals surface area contributed by atoms with E-state index in [0.29, 0.717) is 11.6 Å². The third-order valence-corrected chi connectivity index (χ3v) is 5.07. The van der Waals surface area contributed by atoms with E-state index in [-0.39, 0.29) is 6.54 Å². The first-order chi connectivity index (χ1) is 9.94. The Bertz CT molecular complexity index is 520. The lowest BCUT2D eigenvalue weighted by molar-refractivity contribution is -0.147. The van der Waals surface area contributed by atoms with Crippen LogP contribution in [0.5, 0.6) is 0 Å². The summed E-state index contributed by atoms with van der Waals surface area (Å²) in [7, 11) is 0. The molecule has 0 bridgehead atoms. The quantitative estimate of drug-likeness (QED) is 0.779. The fourth-order valence-electron chi connectivity index (χ4n) is 2.17. The summed E-state index contributed by atoms with van der Waals surface area (Å²) in [5.74, 6) is -0.907. The Morgan fingerprint density at radius 2 is 2.10 bits per heavy atom. The van der Waals surface area contributed by atoms with Gasteiger partial charge in [-0.3, -0.25) is 10.1 Å². The number of anilines is 1. The van der Waals surface area contributed by atoms with Crippen molar-refractivity contribution in [3.05, 3.63) is 10.6 Å². The summed E-state index contributed by atoms with van der Waals surface area (Å²) >= 11 is 1.51. The van der Waals surface area contributed by atoms with Crippen molar-refractivity contribution in [1.29, 1.82) is 0 Å². The highest BCUT2D eigenvalue weighted by atomic mass is 32.1. The standard InChI is InChI=1S/C14H21N3O3S/c1-3-14(2,11(18)19)8-15-12(20)17-13-16-9-6-4-5-7-10(9)21-13/h3-8H2,1-2H3,(H,18,19)(H2,15,16,17,20). The third-order valence-electron chi connectivity index (χ3n) is 4.00. The number of nitrogens with zero attached hydrogens (tertiary/aromatic N) is 1. The second kappa shape index (κ2) is 6.43. The Morgan fingerprint density at radius 3 is 2.71 bits per heavy atom. The van der Waals surface area contributed by atoms with Gasteiger partial charge in [0.2, 0.25) is 0 Å². The van der Waals surface area contributed by atoms with Gasteiger partial charge < -0.3 is 10.4 Å². The van der Waals surface area contributed by atoms with E-state index in [1.807, 2.05) is 0 Å². The van der Waals surface area contributed by atoms with E-state index >= 15 is 0 Å². The number of aliphatic carboxylic acids is 1. The van der Waals surface area contributed by atoms with Gasteiger partial charge in [0, 0.05) is 11.4 Å². The molecule has 0 fully saturated rings. The van der Waals surface area contributed by atoms with E-state index in [1.165, 1.54) is 22.6 Å². The van der Waals surface area contributed by atoms with Crippen molar-refractivity contribution in [3.63, 3.8) is 0 Å². The van der Waals surface area contributed by atoms with E-state index in [2.05, 4.69) is 15.6 Å². The number of carboxylic acids is 1. The zero-order valence-corrected chi connectivity index (χ0v) is 13.2. The van der Waals surface area contributed by atoms with Gasteiger partial charge in [-0.25, -0.2) is 9.78 Å². The van der Waals surface area contributed by atoms with Crippen LogP contribution in [-0.2, 0) is 17.6 Å². The molecule has 116 valence electrons. The second-order valence-corrected chi connectivity index (χ2v) is 6.71. The first-order valence-corrected chi connectivity index (χ1v) is 8.03. The van der Waals surface area contributed by atoms with Gasteiger partial charge in [-0.15, -0.1) is 11.3 Å². The van der Waals surface area contributed by atoms with Crippen molar-refractivity contribution >= 4 is 28.5 Å². The Labute approximate surface area is 128 Å². The van der Waals surface area contributed by atoms with Gasteiger partial charge in [0.1, 0.15) is 0 Å². The van der Waals surface area contributed by atoms with Crippen LogP contribution in [0.2, 0.25) is 0 Å². The molecule has 1 unspecified atom stereocenters. The van der Waals surface area contributed by atoms with Crippen molar-refractivity contribution in [2.75, 3.05) is 11.9 Å². The number of amides is 2. The highest BCUT2D eigenvalue weighted by Crippen LogP contribution is 2.29. The number of carboxylic acid groups (broad SMARTS) is 1. The maximum atomic E-state index is 11.9. The SMILES string of the molecule is CCC(C)(CNC(=O)Nc1nc2c(s1)CCCC2)C(=O)O. The molecule has 1 aromatic rings. The highest BCUT2D eigenvalue weighted by molar-refractivity contribution is 7.15. The molecule has 1 heterocycles. The summed E-state index contributed by atoms with van der Waals surface area (Å²) < 4.78 is 0. The highest BCUT2D eigenvalue weighted by Gasteiger charge is 2.31. The van der Waals surface area contributed by atoms with E-state index in [4.69, 9.17) is 5.11 Å². The minimum Gasteiger partial charge on any atom is -0.481 e. The smallest absolute Gasteiger partial charge is 0.321 e. The fraction of sp³-hybridized carbons (Fsp3) is 0.643. The first-order valence-electron chi connectivity index (χ1n) is 7.21. The number of hydrogen-bond donors (Lipinski definition) is 3. The molecule has 1 aliphatic rings. The fourth-order valence-corrected chi connectivity index (χ4v) is 3.22. The number of rotatable bonds is 5. The second-order valence-electron chi connectivity index (χ2n) is 5.62. The molecule has 7 heteroatoms. The van der Waals surface area contributed by atoms with Crippen molar-refractivity contribution in [2.45, 2.75) is 46.0 Å². The van der Waals surface area contributed by atoms with Crippen LogP contribution < -0.4 is 10.6 Å². The number of aryl methyl sites for hydroxylation is 2. The largest absolute Gasteiger partial charge is 0.481 e. The molecule has 0 aromatic carbocycles. The molecule has 0 saturated carbocycles. The summed E-state index contributed by atoms with van der Waals surface area (Å²) in [6, 6.07) is -0.401. The van der Waals surface area contributed by atoms with Gasteiger partial charge >= 0.3 is 12.0 Å². The zero-order chi connectivity index (χ0) is 15.5. The Balaban J connectivity index is 1.90. The van der Waals surface area contributed by atoms with Crippen LogP contribution in [0, 0.1) is 5.41 Å². The van der Waals surface area contributed by atoms with E-state index in [0.717, 1.165) is 25.0 Å². The van der Waals surface area contributed by atoms with Gasteiger partial charge in [-0.05, 0) is 39.0 Å². The minimum absolute atomic E-state index is 0.0930. The number of hydrogen-bond acceptors (Lipinski definition) is 4. The van der Waals surface area contributed by atoms with Gasteiger partial charge in [-0.1, -0.05) is 6.92 Å². The molecule has 0 spiro atoms. The molecule has 0 radical (unpaired) electrons. The molecule has 3 N–H and O–H groups in total.